The van der Waals surface area contributed by atoms with Crippen molar-refractivity contribution < 1.29 is 134 Å². The van der Waals surface area contributed by atoms with Gasteiger partial charge in [0.15, 0.2) is 0 Å². The Morgan fingerprint density at radius 3 is 0.597 bits per heavy atom. The van der Waals surface area contributed by atoms with Gasteiger partial charge in [0, 0.05) is 0 Å². The summed E-state index contributed by atoms with van der Waals surface area (Å²) < 4.78 is 18.4. The normalized spacial score (nSPS) is 15.4. The van der Waals surface area contributed by atoms with Crippen LogP contribution >= 0.6 is 0 Å². The maximum atomic E-state index is 2.50. The zero-order valence-electron chi connectivity index (χ0n) is 72.8. The van der Waals surface area contributed by atoms with Crippen LogP contribution in [-0.4, -0.2) is 35.5 Å². The minimum absolute atomic E-state index is 0. The zero-order valence-corrected chi connectivity index (χ0v) is 90.2. The number of rotatable bonds is 26. The van der Waals surface area contributed by atoms with Gasteiger partial charge >= 0.3 is 763 Å². The van der Waals surface area contributed by atoms with Gasteiger partial charge in [0.25, 0.3) is 0 Å². The summed E-state index contributed by atoms with van der Waals surface area (Å²) in [5.41, 5.74) is 14.1. The Hall–Kier alpha value is -6.40. The van der Waals surface area contributed by atoms with E-state index in [2.05, 4.69) is 466 Å². The second-order valence-electron chi connectivity index (χ2n) is 33.0. The third-order valence-corrected chi connectivity index (χ3v) is 102. The van der Waals surface area contributed by atoms with Crippen molar-refractivity contribution in [3.05, 3.63) is 502 Å². The second-order valence-corrected chi connectivity index (χ2v) is 87.1. The smallest absolute Gasteiger partial charge is 1.00 e. The van der Waals surface area contributed by atoms with Gasteiger partial charge in [-0.2, -0.15) is 0 Å². The van der Waals surface area contributed by atoms with Crippen LogP contribution in [0.3, 0.4) is 0 Å². The minimum atomic E-state index is -4.23. The quantitative estimate of drug-likeness (QED) is 0.0483. The van der Waals surface area contributed by atoms with Crippen molar-refractivity contribution >= 4 is 71.7 Å². The van der Waals surface area contributed by atoms with Crippen LogP contribution < -0.4 is 85.8 Å². The molecule has 14 heteroatoms. The number of halogens is 4. The van der Waals surface area contributed by atoms with Gasteiger partial charge in [-0.1, -0.05) is 0 Å². The third kappa shape index (κ3) is 22.0. The minimum Gasteiger partial charge on any atom is -1.00 e. The molecular formula is C110H116Cl4Si5Ti5. The van der Waals surface area contributed by atoms with Crippen LogP contribution in [0.4, 0.5) is 0 Å². The molecular weight excluding hydrogens is 1840 g/mol. The van der Waals surface area contributed by atoms with E-state index in [1.165, 1.54) is 74.9 Å². The summed E-state index contributed by atoms with van der Waals surface area (Å²) in [6.45, 7) is 9.87. The van der Waals surface area contributed by atoms with Gasteiger partial charge in [0.2, 0.25) is 0 Å². The fraction of sp³-hybridized carbons (Fsp3) is 0.145. The summed E-state index contributed by atoms with van der Waals surface area (Å²) in [6, 6.07) is 130. The first-order chi connectivity index (χ1) is 59.0. The summed E-state index contributed by atoms with van der Waals surface area (Å²) in [4.78, 5) is 0. The summed E-state index contributed by atoms with van der Waals surface area (Å²) in [6.07, 6.45) is 44.0. The van der Waals surface area contributed by atoms with Crippen LogP contribution in [0.15, 0.2) is 485 Å². The molecule has 0 heterocycles. The van der Waals surface area contributed by atoms with Crippen molar-refractivity contribution in [3.63, 3.8) is 0 Å². The Morgan fingerprint density at radius 2 is 0.427 bits per heavy atom. The molecule has 0 spiro atoms. The van der Waals surface area contributed by atoms with Crippen LogP contribution in [0.2, 0.25) is 0 Å². The Labute approximate surface area is 802 Å². The number of hydrogen-bond donors (Lipinski definition) is 0. The molecule has 0 amide bonds. The first-order valence-electron chi connectivity index (χ1n) is 43.6. The van der Waals surface area contributed by atoms with E-state index in [9.17, 15) is 0 Å². The third-order valence-electron chi connectivity index (χ3n) is 26.7. The van der Waals surface area contributed by atoms with Gasteiger partial charge in [0.1, 0.15) is 0 Å². The fourth-order valence-electron chi connectivity index (χ4n) is 20.4. The molecule has 7 aliphatic rings. The molecule has 0 N–H and O–H groups in total. The van der Waals surface area contributed by atoms with Crippen LogP contribution in [0.25, 0.3) is 0 Å². The van der Waals surface area contributed by atoms with Crippen molar-refractivity contribution in [2.75, 3.05) is 0 Å². The Kier molecular flexibility index (Phi) is 39.7. The summed E-state index contributed by atoms with van der Waals surface area (Å²) in [5.74, 6) is 0. The Bertz CT molecular complexity index is 5080. The standard InChI is InChI=1S/2C12H11Si.3C7H9Si.3C7H9.4C6H5.4C5H5.4ClH.5Ti/c2*1-3-7-11(8-4-1)13-12-9-5-2-6-10-12;3*8-6-7-4-2-1-3-5-7;3*1-6-4-3-5-7(6)2;4*1-2-4-6-5-3-1;4*1-2-4-5-3-1;;;;;;;;;/h2*1-10,13H;3*1-5H,6,8H2;3*4H,3H2,1-2H3;4*1-5H;4*1-3H,4H2;4*1H;;;;;/q;;;;;;;;;;;;;;;;;;;;2*-1;3*+2/p-4. The van der Waals surface area contributed by atoms with E-state index in [1.807, 2.05) is 11.6 Å². The fourth-order valence-corrected chi connectivity index (χ4v) is 105. The van der Waals surface area contributed by atoms with Gasteiger partial charge in [-0.05, 0) is 0 Å². The molecule has 624 valence electrons. The van der Waals surface area contributed by atoms with E-state index < -0.39 is 42.4 Å². The van der Waals surface area contributed by atoms with E-state index in [1.54, 1.807) is 64.4 Å². The summed E-state index contributed by atoms with van der Waals surface area (Å²) in [5, 5.41) is 6.14. The molecule has 11 aromatic carbocycles. The molecule has 0 saturated heterocycles. The average molecular weight is 1960 g/mol. The van der Waals surface area contributed by atoms with Crippen LogP contribution in [-0.2, 0) is 102 Å². The SMILES string of the molecule is C1=CC[C]([Ti-]([C]2=CC=CC2)([c]2ccccc2)([c]2ccccc2)[SiH](c2ccccc2)c2ccccc2)=C1.C1=CC[C]([Ti-]([C]2=CC=CC2)([c]2ccccc2)([c]2ccccc2)[SiH](c2ccccc2)c2ccccc2)=C1.CC1=CC[C]([Ti+2][SiH2]Cc2ccccc2)=C1C.CC1=CC[C]([Ti+2][SiH2]Cc2ccccc2)=C1C.CC1=CC[C]([Ti+2][SiH2]Cc2ccccc2)=C1C.[Cl-].[Cl-].[Cl-].[Cl-]. The largest absolute Gasteiger partial charge is 1.00 e. The Morgan fingerprint density at radius 1 is 0.242 bits per heavy atom. The van der Waals surface area contributed by atoms with Crippen molar-refractivity contribution in [3.8, 4) is 0 Å². The van der Waals surface area contributed by atoms with Crippen molar-refractivity contribution in [2.24, 2.45) is 0 Å². The first-order valence-corrected chi connectivity index (χ1v) is 76.2. The van der Waals surface area contributed by atoms with Gasteiger partial charge in [-0.25, -0.2) is 0 Å². The molecule has 0 saturated carbocycles. The molecule has 7 aliphatic carbocycles. The first kappa shape index (κ1) is 99.8. The van der Waals surface area contributed by atoms with E-state index in [4.69, 9.17) is 0 Å². The van der Waals surface area contributed by atoms with Gasteiger partial charge < -0.3 is 49.6 Å². The molecule has 0 radical (unpaired) electrons. The maximum absolute atomic E-state index is 4.23. The molecule has 0 atom stereocenters. The van der Waals surface area contributed by atoms with E-state index in [-0.39, 0.29) is 127 Å². The van der Waals surface area contributed by atoms with Crippen LogP contribution in [0.5, 0.6) is 0 Å². The van der Waals surface area contributed by atoms with E-state index >= 15 is 0 Å². The molecule has 0 unspecified atom stereocenters. The van der Waals surface area contributed by atoms with Gasteiger partial charge in [0.05, 0.1) is 0 Å². The molecule has 11 aromatic rings. The Balaban J connectivity index is 0.000000170. The summed E-state index contributed by atoms with van der Waals surface area (Å²) in [7, 11) is 0.489. The molecule has 0 fully saturated rings. The molecule has 0 aliphatic heterocycles. The van der Waals surface area contributed by atoms with Crippen LogP contribution in [0.1, 0.15) is 103 Å². The monoisotopic (exact) mass is 1960 g/mol. The molecule has 0 bridgehead atoms. The number of benzene rings is 11. The van der Waals surface area contributed by atoms with E-state index in [0.717, 1.165) is 25.7 Å². The average Bonchev–Trinajstić information content (AvgIpc) is 1.24. The van der Waals surface area contributed by atoms with Gasteiger partial charge in [-0.3, -0.25) is 0 Å². The predicted molar refractivity (Wildman–Crippen MR) is 520 cm³/mol. The molecule has 18 rings (SSSR count). The molecule has 124 heavy (non-hydrogen) atoms. The predicted octanol–water partition coefficient (Wildman–Crippen LogP) is 8.05. The summed E-state index contributed by atoms with van der Waals surface area (Å²) >= 11 is -7.68. The van der Waals surface area contributed by atoms with Crippen molar-refractivity contribution in [2.45, 2.75) is 105 Å². The topological polar surface area (TPSA) is 0 Å². The van der Waals surface area contributed by atoms with Crippen molar-refractivity contribution in [1.29, 1.82) is 0 Å². The van der Waals surface area contributed by atoms with E-state index in [0.29, 0.717) is 0 Å². The zero-order chi connectivity index (χ0) is 82.7. The maximum Gasteiger partial charge on any atom is -1.00 e. The second kappa shape index (κ2) is 49.4. The molecule has 0 aromatic heterocycles. The molecule has 0 nitrogen and oxygen atoms in total. The van der Waals surface area contributed by atoms with Crippen LogP contribution in [0, 0.1) is 0 Å². The van der Waals surface area contributed by atoms with Crippen molar-refractivity contribution in [1.82, 2.24) is 0 Å². The van der Waals surface area contributed by atoms with Gasteiger partial charge in [-0.15, -0.1) is 0 Å². The number of allylic oxidation sites excluding steroid dienone is 28. The number of hydrogen-bond acceptors (Lipinski definition) is 0.